The van der Waals surface area contributed by atoms with E-state index in [-0.39, 0.29) is 18.6 Å². The number of fused-ring (bicyclic) bond motifs is 4. The molecule has 1 N–H and O–H groups in total. The Morgan fingerprint density at radius 2 is 1.74 bits per heavy atom. The Hall–Kier alpha value is -5.67. The predicted molar refractivity (Wildman–Crippen MR) is 177 cm³/mol. The van der Waals surface area contributed by atoms with Gasteiger partial charge in [0, 0.05) is 43.1 Å². The van der Waals surface area contributed by atoms with Gasteiger partial charge in [0.05, 0.1) is 11.4 Å². The summed E-state index contributed by atoms with van der Waals surface area (Å²) in [7, 11) is 1.55. The Labute approximate surface area is 266 Å². The van der Waals surface area contributed by atoms with Crippen LogP contribution in [-0.2, 0) is 17.8 Å². The van der Waals surface area contributed by atoms with Crippen LogP contribution in [0, 0.1) is 6.92 Å². The van der Waals surface area contributed by atoms with Crippen LogP contribution >= 0.6 is 0 Å². The fourth-order valence-corrected chi connectivity index (χ4v) is 5.93. The molecule has 0 saturated carbocycles. The van der Waals surface area contributed by atoms with Crippen LogP contribution in [0.4, 0.5) is 11.4 Å². The van der Waals surface area contributed by atoms with E-state index in [1.807, 2.05) is 42.5 Å². The van der Waals surface area contributed by atoms with Crippen molar-refractivity contribution in [3.8, 4) is 11.5 Å². The fourth-order valence-electron chi connectivity index (χ4n) is 5.93. The van der Waals surface area contributed by atoms with E-state index < -0.39 is 0 Å². The lowest BCUT2D eigenvalue weighted by Gasteiger charge is -2.19. The third-order valence-electron chi connectivity index (χ3n) is 8.16. The van der Waals surface area contributed by atoms with Crippen molar-refractivity contribution in [3.05, 3.63) is 131 Å². The van der Waals surface area contributed by atoms with E-state index in [0.29, 0.717) is 41.5 Å². The second-order valence-corrected chi connectivity index (χ2v) is 11.2. The highest BCUT2D eigenvalue weighted by Crippen LogP contribution is 2.42. The molecular weight excluding hydrogens is 580 g/mol. The van der Waals surface area contributed by atoms with Gasteiger partial charge in [-0.25, -0.2) is 4.98 Å². The number of rotatable bonds is 9. The molecule has 4 aromatic carbocycles. The van der Waals surface area contributed by atoms with Crippen molar-refractivity contribution in [2.45, 2.75) is 20.0 Å². The second-order valence-electron chi connectivity index (χ2n) is 11.2. The number of nitrogens with zero attached hydrogens (tertiary/aromatic N) is 3. The minimum absolute atomic E-state index is 0.131. The van der Waals surface area contributed by atoms with Crippen LogP contribution in [0.15, 0.2) is 103 Å². The zero-order valence-electron chi connectivity index (χ0n) is 25.5. The molecular formula is C37H32N4O5. The molecule has 0 saturated heterocycles. The van der Waals surface area contributed by atoms with Gasteiger partial charge in [0.15, 0.2) is 6.79 Å². The minimum atomic E-state index is -0.268. The first-order chi connectivity index (χ1) is 22.5. The van der Waals surface area contributed by atoms with E-state index in [4.69, 9.17) is 14.2 Å². The Morgan fingerprint density at radius 3 is 2.54 bits per heavy atom. The molecule has 0 fully saturated rings. The Bertz CT molecular complexity index is 2070. The number of hydrogen-bond acceptors (Lipinski definition) is 6. The zero-order chi connectivity index (χ0) is 31.6. The third-order valence-corrected chi connectivity index (χ3v) is 8.16. The molecule has 46 heavy (non-hydrogen) atoms. The molecule has 2 aromatic heterocycles. The van der Waals surface area contributed by atoms with Gasteiger partial charge in [0.1, 0.15) is 29.4 Å². The molecule has 1 aliphatic rings. The standard InChI is InChI=1S/C37H32N4O5/c1-24-7-6-10-30-33(45-22-25-8-4-3-5-9-25)19-32-29(35(24)30)17-18-41(32)37(43)31-21-40-20-27(13-16-34(40)39-31)38-36(42)26-11-14-28(15-12-26)46-23-44-2/h3-16,19-21H,17-18,22-23H2,1-2H3,(H,38,42). The molecule has 1 aliphatic heterocycles. The summed E-state index contributed by atoms with van der Waals surface area (Å²) in [5.74, 6) is 0.894. The maximum atomic E-state index is 14.0. The average Bonchev–Trinajstić information content (AvgIpc) is 3.71. The highest BCUT2D eigenvalue weighted by atomic mass is 16.7. The van der Waals surface area contributed by atoms with Crippen LogP contribution in [0.2, 0.25) is 0 Å². The van der Waals surface area contributed by atoms with Gasteiger partial charge in [-0.2, -0.15) is 0 Å². The average molecular weight is 613 g/mol. The van der Waals surface area contributed by atoms with Gasteiger partial charge in [-0.3, -0.25) is 9.59 Å². The highest BCUT2D eigenvalue weighted by molar-refractivity contribution is 6.10. The number of carbonyl (C=O) groups excluding carboxylic acids is 2. The van der Waals surface area contributed by atoms with E-state index >= 15 is 0 Å². The van der Waals surface area contributed by atoms with Crippen molar-refractivity contribution in [1.82, 2.24) is 9.38 Å². The van der Waals surface area contributed by atoms with E-state index in [0.717, 1.165) is 45.3 Å². The summed E-state index contributed by atoms with van der Waals surface area (Å²) in [4.78, 5) is 33.2. The van der Waals surface area contributed by atoms with Crippen LogP contribution in [0.25, 0.3) is 16.4 Å². The lowest BCUT2D eigenvalue weighted by molar-refractivity contribution is 0.0511. The topological polar surface area (TPSA) is 94.4 Å². The van der Waals surface area contributed by atoms with Gasteiger partial charge in [-0.1, -0.05) is 48.5 Å². The number of anilines is 2. The van der Waals surface area contributed by atoms with Gasteiger partial charge in [-0.05, 0) is 71.8 Å². The first-order valence-corrected chi connectivity index (χ1v) is 15.0. The molecule has 7 rings (SSSR count). The van der Waals surface area contributed by atoms with Crippen molar-refractivity contribution in [2.75, 3.05) is 30.7 Å². The quantitative estimate of drug-likeness (QED) is 0.180. The van der Waals surface area contributed by atoms with E-state index in [1.165, 1.54) is 0 Å². The first kappa shape index (κ1) is 29.1. The third kappa shape index (κ3) is 5.64. The number of nitrogens with one attached hydrogen (secondary N) is 1. The highest BCUT2D eigenvalue weighted by Gasteiger charge is 2.30. The number of aryl methyl sites for hydroxylation is 1. The molecule has 0 unspecified atom stereocenters. The maximum absolute atomic E-state index is 14.0. The number of ether oxygens (including phenoxy) is 3. The zero-order valence-corrected chi connectivity index (χ0v) is 25.5. The number of benzene rings is 4. The molecule has 0 atom stereocenters. The number of aromatic nitrogens is 2. The number of methoxy groups -OCH3 is 1. The van der Waals surface area contributed by atoms with Gasteiger partial charge in [0.2, 0.25) is 0 Å². The SMILES string of the molecule is COCOc1ccc(C(=O)Nc2ccc3nc(C(=O)N4CCc5c4cc(OCc4ccccc4)c4cccc(C)c54)cn3c2)cc1. The predicted octanol–water partition coefficient (Wildman–Crippen LogP) is 6.81. The number of imidazole rings is 1. The van der Waals surface area contributed by atoms with Gasteiger partial charge in [0.25, 0.3) is 11.8 Å². The Kier molecular flexibility index (Phi) is 7.82. The molecule has 3 heterocycles. The maximum Gasteiger partial charge on any atom is 0.278 e. The number of hydrogen-bond donors (Lipinski definition) is 1. The van der Waals surface area contributed by atoms with Crippen molar-refractivity contribution in [2.24, 2.45) is 0 Å². The Balaban J connectivity index is 1.13. The minimum Gasteiger partial charge on any atom is -0.488 e. The number of amides is 2. The van der Waals surface area contributed by atoms with Crippen molar-refractivity contribution < 1.29 is 23.8 Å². The molecule has 0 radical (unpaired) electrons. The monoisotopic (exact) mass is 612 g/mol. The van der Waals surface area contributed by atoms with Crippen LogP contribution < -0.4 is 19.7 Å². The normalized spacial score (nSPS) is 12.3. The summed E-state index contributed by atoms with van der Waals surface area (Å²) in [6.45, 7) is 3.20. The summed E-state index contributed by atoms with van der Waals surface area (Å²) in [6, 6.07) is 28.6. The van der Waals surface area contributed by atoms with Crippen molar-refractivity contribution >= 4 is 39.6 Å². The summed E-state index contributed by atoms with van der Waals surface area (Å²) in [5.41, 5.74) is 6.17. The van der Waals surface area contributed by atoms with Gasteiger partial charge < -0.3 is 28.8 Å². The molecule has 0 bridgehead atoms. The summed E-state index contributed by atoms with van der Waals surface area (Å²) in [6.07, 6.45) is 4.19. The molecule has 230 valence electrons. The van der Waals surface area contributed by atoms with Crippen LogP contribution in [0.1, 0.15) is 37.5 Å². The van der Waals surface area contributed by atoms with Gasteiger partial charge in [-0.15, -0.1) is 0 Å². The van der Waals surface area contributed by atoms with E-state index in [9.17, 15) is 9.59 Å². The van der Waals surface area contributed by atoms with Crippen LogP contribution in [0.5, 0.6) is 11.5 Å². The Morgan fingerprint density at radius 1 is 0.913 bits per heavy atom. The van der Waals surface area contributed by atoms with Crippen LogP contribution in [-0.4, -0.2) is 41.6 Å². The van der Waals surface area contributed by atoms with E-state index in [1.54, 1.807) is 65.2 Å². The number of pyridine rings is 1. The summed E-state index contributed by atoms with van der Waals surface area (Å²) in [5, 5.41) is 5.08. The number of carbonyl (C=O) groups is 2. The summed E-state index contributed by atoms with van der Waals surface area (Å²) < 4.78 is 18.4. The molecule has 9 heteroatoms. The lowest BCUT2D eigenvalue weighted by atomic mass is 9.97. The molecule has 6 aromatic rings. The molecule has 9 nitrogen and oxygen atoms in total. The molecule has 2 amide bonds. The first-order valence-electron chi connectivity index (χ1n) is 15.0. The fraction of sp³-hybridized carbons (Fsp3) is 0.162. The summed E-state index contributed by atoms with van der Waals surface area (Å²) >= 11 is 0. The largest absolute Gasteiger partial charge is 0.488 e. The van der Waals surface area contributed by atoms with Crippen LogP contribution in [0.3, 0.4) is 0 Å². The molecule has 0 aliphatic carbocycles. The van der Waals surface area contributed by atoms with Gasteiger partial charge >= 0.3 is 0 Å². The van der Waals surface area contributed by atoms with Crippen molar-refractivity contribution in [3.63, 3.8) is 0 Å². The smallest absolute Gasteiger partial charge is 0.278 e. The second kappa shape index (κ2) is 12.4. The molecule has 0 spiro atoms. The van der Waals surface area contributed by atoms with Crippen molar-refractivity contribution in [1.29, 1.82) is 0 Å². The van der Waals surface area contributed by atoms with E-state index in [2.05, 4.69) is 29.4 Å². The lowest BCUT2D eigenvalue weighted by Crippen LogP contribution is -2.29.